The fraction of sp³-hybridized carbons (Fsp3) is 0.909. The summed E-state index contributed by atoms with van der Waals surface area (Å²) in [6, 6.07) is 0. The first-order valence-electron chi connectivity index (χ1n) is 11.2. The first kappa shape index (κ1) is 26.9. The van der Waals surface area contributed by atoms with Crippen LogP contribution in [0.5, 0.6) is 0 Å². The zero-order chi connectivity index (χ0) is 21.0. The lowest BCUT2D eigenvalue weighted by atomic mass is 10.1. The summed E-state index contributed by atoms with van der Waals surface area (Å²) in [5.41, 5.74) is 0. The van der Waals surface area contributed by atoms with Crippen LogP contribution in [0.3, 0.4) is 0 Å². The fourth-order valence-corrected chi connectivity index (χ4v) is 2.86. The van der Waals surface area contributed by atoms with Crippen LogP contribution in [0.4, 0.5) is 0 Å². The monoisotopic (exact) mass is 402 g/mol. The molecule has 0 saturated heterocycles. The Morgan fingerprint density at radius 2 is 1.00 bits per heavy atom. The van der Waals surface area contributed by atoms with Gasteiger partial charge in [-0.3, -0.25) is 9.59 Å². The molecule has 0 heterocycles. The molecule has 0 aliphatic carbocycles. The minimum atomic E-state index is -0.302. The Hall–Kier alpha value is -1.14. The van der Waals surface area contributed by atoms with E-state index in [9.17, 15) is 19.8 Å². The third-order valence-electron chi connectivity index (χ3n) is 4.68. The Balaban J connectivity index is 3.48. The Morgan fingerprint density at radius 1 is 0.643 bits per heavy atom. The van der Waals surface area contributed by atoms with Crippen molar-refractivity contribution < 1.29 is 29.3 Å². The number of aliphatic hydroxyl groups excluding tert-OH is 2. The number of carbonyl (C=O) groups is 2. The molecule has 0 saturated carbocycles. The molecule has 2 atom stereocenters. The number of hydrogen-bond acceptors (Lipinski definition) is 6. The van der Waals surface area contributed by atoms with E-state index >= 15 is 0 Å². The number of carbonyl (C=O) groups excluding carboxylic acids is 2. The summed E-state index contributed by atoms with van der Waals surface area (Å²) in [6.45, 7) is 4.87. The molecule has 2 unspecified atom stereocenters. The molecule has 0 amide bonds. The van der Waals surface area contributed by atoms with Crippen molar-refractivity contribution in [2.75, 3.05) is 13.2 Å². The highest BCUT2D eigenvalue weighted by Gasteiger charge is 2.08. The van der Waals surface area contributed by atoms with E-state index in [1.54, 1.807) is 0 Å². The first-order chi connectivity index (χ1) is 13.5. The third kappa shape index (κ3) is 18.2. The van der Waals surface area contributed by atoms with Gasteiger partial charge >= 0.3 is 11.9 Å². The molecule has 0 fully saturated rings. The van der Waals surface area contributed by atoms with Crippen LogP contribution in [0.15, 0.2) is 0 Å². The quantitative estimate of drug-likeness (QED) is 0.247. The van der Waals surface area contributed by atoms with E-state index in [4.69, 9.17) is 9.47 Å². The molecular formula is C22H42O6. The molecule has 0 aliphatic rings. The number of unbranched alkanes of at least 4 members (excludes halogenated alkanes) is 3. The van der Waals surface area contributed by atoms with Crippen molar-refractivity contribution in [3.8, 4) is 0 Å². The second-order valence-electron chi connectivity index (χ2n) is 7.52. The molecule has 166 valence electrons. The van der Waals surface area contributed by atoms with Gasteiger partial charge in [-0.15, -0.1) is 0 Å². The van der Waals surface area contributed by atoms with E-state index in [1.165, 1.54) is 0 Å². The maximum atomic E-state index is 11.6. The highest BCUT2D eigenvalue weighted by molar-refractivity contribution is 5.70. The first-order valence-corrected chi connectivity index (χ1v) is 11.2. The van der Waals surface area contributed by atoms with Crippen LogP contribution in [0.25, 0.3) is 0 Å². The van der Waals surface area contributed by atoms with Gasteiger partial charge in [0.15, 0.2) is 0 Å². The van der Waals surface area contributed by atoms with Crippen LogP contribution < -0.4 is 0 Å². The maximum Gasteiger partial charge on any atom is 0.305 e. The second kappa shape index (κ2) is 19.2. The number of esters is 2. The fourth-order valence-electron chi connectivity index (χ4n) is 2.86. The van der Waals surface area contributed by atoms with Gasteiger partial charge in [0, 0.05) is 12.8 Å². The Kier molecular flexibility index (Phi) is 18.4. The SMILES string of the molecule is CCCCC(O)CCCOC(=O)CCCCC(=O)OCCCC(O)CCCC. The molecule has 0 radical (unpaired) electrons. The summed E-state index contributed by atoms with van der Waals surface area (Å²) in [6.07, 6.45) is 9.66. The minimum absolute atomic E-state index is 0.252. The van der Waals surface area contributed by atoms with Crippen LogP contribution in [0.2, 0.25) is 0 Å². The van der Waals surface area contributed by atoms with Gasteiger partial charge < -0.3 is 19.7 Å². The van der Waals surface area contributed by atoms with Gasteiger partial charge in [-0.1, -0.05) is 39.5 Å². The molecular weight excluding hydrogens is 360 g/mol. The smallest absolute Gasteiger partial charge is 0.305 e. The van der Waals surface area contributed by atoms with Crippen molar-refractivity contribution in [3.05, 3.63) is 0 Å². The van der Waals surface area contributed by atoms with Gasteiger partial charge in [-0.2, -0.15) is 0 Å². The van der Waals surface area contributed by atoms with Crippen LogP contribution in [-0.4, -0.2) is 47.6 Å². The highest BCUT2D eigenvalue weighted by atomic mass is 16.5. The lowest BCUT2D eigenvalue weighted by Crippen LogP contribution is -2.11. The lowest BCUT2D eigenvalue weighted by Gasteiger charge is -2.10. The minimum Gasteiger partial charge on any atom is -0.466 e. The Bertz CT molecular complexity index is 349. The van der Waals surface area contributed by atoms with Gasteiger partial charge in [0.05, 0.1) is 25.4 Å². The highest BCUT2D eigenvalue weighted by Crippen LogP contribution is 2.09. The van der Waals surface area contributed by atoms with Gasteiger partial charge in [0.1, 0.15) is 0 Å². The van der Waals surface area contributed by atoms with Crippen molar-refractivity contribution in [2.24, 2.45) is 0 Å². The zero-order valence-corrected chi connectivity index (χ0v) is 18.0. The van der Waals surface area contributed by atoms with Gasteiger partial charge in [0.2, 0.25) is 0 Å². The molecule has 2 N–H and O–H groups in total. The molecule has 0 rings (SSSR count). The van der Waals surface area contributed by atoms with Crippen molar-refractivity contribution in [1.29, 1.82) is 0 Å². The molecule has 0 aromatic carbocycles. The third-order valence-corrected chi connectivity index (χ3v) is 4.68. The number of ether oxygens (including phenoxy) is 2. The van der Waals surface area contributed by atoms with Crippen molar-refractivity contribution in [3.63, 3.8) is 0 Å². The van der Waals surface area contributed by atoms with Gasteiger partial charge in [0.25, 0.3) is 0 Å². The van der Waals surface area contributed by atoms with E-state index in [0.717, 1.165) is 38.5 Å². The van der Waals surface area contributed by atoms with E-state index in [-0.39, 0.29) is 24.1 Å². The van der Waals surface area contributed by atoms with Crippen LogP contribution in [0.1, 0.15) is 104 Å². The normalized spacial score (nSPS) is 13.1. The lowest BCUT2D eigenvalue weighted by molar-refractivity contribution is -0.146. The largest absolute Gasteiger partial charge is 0.466 e. The molecule has 0 aromatic rings. The van der Waals surface area contributed by atoms with Crippen LogP contribution in [0, 0.1) is 0 Å². The predicted octanol–water partition coefficient (Wildman–Crippen LogP) is 4.30. The number of hydrogen-bond donors (Lipinski definition) is 2. The number of aliphatic hydroxyl groups is 2. The summed E-state index contributed by atoms with van der Waals surface area (Å²) < 4.78 is 10.3. The molecule has 0 aromatic heterocycles. The summed E-state index contributed by atoms with van der Waals surface area (Å²) in [4.78, 5) is 23.3. The predicted molar refractivity (Wildman–Crippen MR) is 110 cm³/mol. The summed E-state index contributed by atoms with van der Waals surface area (Å²) in [5, 5.41) is 19.4. The molecule has 0 spiro atoms. The van der Waals surface area contributed by atoms with E-state index in [0.29, 0.717) is 64.6 Å². The summed E-state index contributed by atoms with van der Waals surface area (Å²) in [7, 11) is 0. The molecule has 0 aliphatic heterocycles. The zero-order valence-electron chi connectivity index (χ0n) is 18.0. The maximum absolute atomic E-state index is 11.6. The van der Waals surface area contributed by atoms with Gasteiger partial charge in [-0.05, 0) is 51.4 Å². The van der Waals surface area contributed by atoms with Crippen LogP contribution in [-0.2, 0) is 19.1 Å². The number of rotatable bonds is 19. The topological polar surface area (TPSA) is 93.1 Å². The van der Waals surface area contributed by atoms with Gasteiger partial charge in [-0.25, -0.2) is 0 Å². The summed E-state index contributed by atoms with van der Waals surface area (Å²) in [5.74, 6) is -0.505. The van der Waals surface area contributed by atoms with Crippen molar-refractivity contribution in [2.45, 2.75) is 116 Å². The average molecular weight is 403 g/mol. The van der Waals surface area contributed by atoms with Crippen molar-refractivity contribution >= 4 is 11.9 Å². The molecule has 28 heavy (non-hydrogen) atoms. The second-order valence-corrected chi connectivity index (χ2v) is 7.52. The standard InChI is InChI=1S/C22H42O6/c1-3-5-11-19(23)13-9-17-27-21(25)15-7-8-16-22(26)28-18-10-14-20(24)12-6-4-2/h19-20,23-24H,3-18H2,1-2H3. The molecule has 6 heteroatoms. The average Bonchev–Trinajstić information content (AvgIpc) is 2.68. The van der Waals surface area contributed by atoms with Crippen molar-refractivity contribution in [1.82, 2.24) is 0 Å². The Labute approximate surface area is 171 Å². The van der Waals surface area contributed by atoms with E-state index in [1.807, 2.05) is 0 Å². The molecule has 6 nitrogen and oxygen atoms in total. The van der Waals surface area contributed by atoms with Crippen LogP contribution >= 0.6 is 0 Å². The van der Waals surface area contributed by atoms with E-state index in [2.05, 4.69) is 13.8 Å². The summed E-state index contributed by atoms with van der Waals surface area (Å²) >= 11 is 0. The Morgan fingerprint density at radius 3 is 1.36 bits per heavy atom. The molecule has 0 bridgehead atoms. The van der Waals surface area contributed by atoms with E-state index < -0.39 is 0 Å².